The highest BCUT2D eigenvalue weighted by molar-refractivity contribution is 7.93. The minimum absolute atomic E-state index is 0.0118. The van der Waals surface area contributed by atoms with Gasteiger partial charge in [-0.1, -0.05) is 12.1 Å². The second-order valence-corrected chi connectivity index (χ2v) is 14.6. The number of benzene rings is 2. The van der Waals surface area contributed by atoms with Gasteiger partial charge in [-0.05, 0) is 55.0 Å². The van der Waals surface area contributed by atoms with Crippen LogP contribution >= 0.6 is 0 Å². The molecule has 5 rings (SSSR count). The second-order valence-electron chi connectivity index (χ2n) is 10.5. The Labute approximate surface area is 254 Å². The lowest BCUT2D eigenvalue weighted by Crippen LogP contribution is -2.46. The Bertz CT molecular complexity index is 1820. The number of ether oxygens (including phenoxy) is 1. The van der Waals surface area contributed by atoms with Gasteiger partial charge < -0.3 is 9.64 Å². The van der Waals surface area contributed by atoms with E-state index in [-0.39, 0.29) is 66.0 Å². The number of hydrogen-bond acceptors (Lipinski definition) is 7. The molecule has 17 heteroatoms. The topological polar surface area (TPSA) is 114 Å². The smallest absolute Gasteiger partial charge is 0.433 e. The molecule has 1 atom stereocenters. The van der Waals surface area contributed by atoms with E-state index in [4.69, 9.17) is 4.74 Å². The third kappa shape index (κ3) is 7.19. The summed E-state index contributed by atoms with van der Waals surface area (Å²) in [5.74, 6) is -0.775. The number of alkyl halides is 6. The van der Waals surface area contributed by atoms with Gasteiger partial charge in [0.25, 0.3) is 10.0 Å². The van der Waals surface area contributed by atoms with Crippen LogP contribution in [0.25, 0.3) is 11.3 Å². The Kier molecular flexibility index (Phi) is 8.54. The predicted molar refractivity (Wildman–Crippen MR) is 150 cm³/mol. The lowest BCUT2D eigenvalue weighted by molar-refractivity contribution is -0.141. The van der Waals surface area contributed by atoms with E-state index in [0.29, 0.717) is 12.1 Å². The molecule has 0 unspecified atom stereocenters. The van der Waals surface area contributed by atoms with Gasteiger partial charge in [-0.15, -0.1) is 0 Å². The van der Waals surface area contributed by atoms with Crippen molar-refractivity contribution in [2.75, 3.05) is 35.4 Å². The van der Waals surface area contributed by atoms with Crippen LogP contribution < -0.4 is 9.04 Å². The molecule has 0 bridgehead atoms. The Morgan fingerprint density at radius 2 is 1.62 bits per heavy atom. The first-order valence-electron chi connectivity index (χ1n) is 13.5. The minimum Gasteiger partial charge on any atom is -0.486 e. The molecule has 1 fully saturated rings. The molecule has 0 saturated carbocycles. The van der Waals surface area contributed by atoms with Crippen molar-refractivity contribution >= 4 is 31.5 Å². The van der Waals surface area contributed by atoms with E-state index in [1.807, 2.05) is 0 Å². The molecule has 2 aliphatic rings. The maximum Gasteiger partial charge on any atom is 0.433 e. The van der Waals surface area contributed by atoms with Crippen molar-refractivity contribution in [1.82, 2.24) is 9.88 Å². The number of nitrogens with zero attached hydrogens (tertiary/aromatic N) is 3. The van der Waals surface area contributed by atoms with Gasteiger partial charge in [0.15, 0.2) is 9.84 Å². The third-order valence-corrected chi connectivity index (χ3v) is 10.7. The molecule has 45 heavy (non-hydrogen) atoms. The minimum atomic E-state index is -4.84. The SMILES string of the molecule is O=C(CC[C@H]1CN(S(=O)(=O)c2cccc(C(F)(F)F)c2)c2cc(-c3cccc(C(F)(F)F)n3)ccc2O1)N1CCS(=O)(=O)CC1. The van der Waals surface area contributed by atoms with Crippen LogP contribution in [0.2, 0.25) is 0 Å². The van der Waals surface area contributed by atoms with Crippen LogP contribution in [0.15, 0.2) is 65.6 Å². The zero-order valence-electron chi connectivity index (χ0n) is 23.2. The summed E-state index contributed by atoms with van der Waals surface area (Å²) in [6.45, 7) is -0.414. The van der Waals surface area contributed by atoms with Crippen LogP contribution in [0.4, 0.5) is 32.0 Å². The summed E-state index contributed by atoms with van der Waals surface area (Å²) in [7, 11) is -7.94. The number of pyridine rings is 1. The van der Waals surface area contributed by atoms with Crippen LogP contribution in [-0.2, 0) is 37.0 Å². The zero-order valence-corrected chi connectivity index (χ0v) is 24.8. The number of carbonyl (C=O) groups excluding carboxylic acids is 1. The number of halogens is 6. The normalized spacial score (nSPS) is 18.7. The van der Waals surface area contributed by atoms with E-state index >= 15 is 0 Å². The van der Waals surface area contributed by atoms with Crippen LogP contribution in [0.1, 0.15) is 24.1 Å². The molecule has 3 heterocycles. The molecule has 9 nitrogen and oxygen atoms in total. The van der Waals surface area contributed by atoms with E-state index in [0.717, 1.165) is 28.6 Å². The quantitative estimate of drug-likeness (QED) is 0.345. The van der Waals surface area contributed by atoms with Crippen LogP contribution in [0.3, 0.4) is 0 Å². The number of carbonyl (C=O) groups is 1. The van der Waals surface area contributed by atoms with Crippen molar-refractivity contribution in [2.24, 2.45) is 0 Å². The fourth-order valence-corrected chi connectivity index (χ4v) is 7.71. The molecule has 1 aromatic heterocycles. The Morgan fingerprint density at radius 3 is 2.29 bits per heavy atom. The fourth-order valence-electron chi connectivity index (χ4n) is 4.97. The number of sulfone groups is 1. The second kappa shape index (κ2) is 11.8. The summed E-state index contributed by atoms with van der Waals surface area (Å²) >= 11 is 0. The van der Waals surface area contributed by atoms with Gasteiger partial charge in [-0.25, -0.2) is 21.8 Å². The number of hydrogen-bond donors (Lipinski definition) is 0. The number of fused-ring (bicyclic) bond motifs is 1. The van der Waals surface area contributed by atoms with E-state index < -0.39 is 61.0 Å². The monoisotopic (exact) mass is 677 g/mol. The molecule has 1 saturated heterocycles. The number of sulfonamides is 1. The molecular weight excluding hydrogens is 652 g/mol. The van der Waals surface area contributed by atoms with Gasteiger partial charge in [0, 0.05) is 25.1 Å². The van der Waals surface area contributed by atoms with E-state index in [1.165, 1.54) is 29.2 Å². The Morgan fingerprint density at radius 1 is 0.933 bits per heavy atom. The van der Waals surface area contributed by atoms with Gasteiger partial charge in [0.2, 0.25) is 5.91 Å². The first-order valence-corrected chi connectivity index (χ1v) is 16.7. The third-order valence-electron chi connectivity index (χ3n) is 7.35. The molecule has 2 aromatic carbocycles. The summed E-state index contributed by atoms with van der Waals surface area (Å²) in [5, 5.41) is 0. The average molecular weight is 678 g/mol. The van der Waals surface area contributed by atoms with E-state index in [1.54, 1.807) is 0 Å². The predicted octanol–water partition coefficient (Wildman–Crippen LogP) is 4.78. The Balaban J connectivity index is 1.49. The molecule has 0 radical (unpaired) electrons. The largest absolute Gasteiger partial charge is 0.486 e. The first-order chi connectivity index (χ1) is 20.9. The van der Waals surface area contributed by atoms with Crippen molar-refractivity contribution in [3.8, 4) is 17.0 Å². The molecule has 2 aliphatic heterocycles. The van der Waals surface area contributed by atoms with Gasteiger partial charge >= 0.3 is 12.4 Å². The molecular formula is C28H25F6N3O6S2. The van der Waals surface area contributed by atoms with Crippen molar-refractivity contribution in [1.29, 1.82) is 0 Å². The summed E-state index contributed by atoms with van der Waals surface area (Å²) < 4.78 is 138. The molecule has 0 aliphatic carbocycles. The molecule has 0 N–H and O–H groups in total. The number of amides is 1. The van der Waals surface area contributed by atoms with Crippen LogP contribution in [0.5, 0.6) is 5.75 Å². The van der Waals surface area contributed by atoms with Crippen molar-refractivity contribution in [3.63, 3.8) is 0 Å². The zero-order chi connectivity index (χ0) is 32.8. The maximum absolute atomic E-state index is 13.9. The lowest BCUT2D eigenvalue weighted by atomic mass is 10.1. The fraction of sp³-hybridized carbons (Fsp3) is 0.357. The number of rotatable bonds is 6. The highest BCUT2D eigenvalue weighted by Gasteiger charge is 2.38. The van der Waals surface area contributed by atoms with Crippen LogP contribution in [0, 0.1) is 0 Å². The first kappa shape index (κ1) is 32.5. The average Bonchev–Trinajstić information content (AvgIpc) is 2.98. The van der Waals surface area contributed by atoms with Crippen molar-refractivity contribution in [3.05, 3.63) is 71.9 Å². The molecule has 0 spiro atoms. The van der Waals surface area contributed by atoms with Crippen molar-refractivity contribution in [2.45, 2.75) is 36.2 Å². The Hall–Kier alpha value is -3.86. The maximum atomic E-state index is 13.9. The highest BCUT2D eigenvalue weighted by Crippen LogP contribution is 2.41. The standard InChI is InChI=1S/C28H25F6N3O6S2/c29-27(30,31)19-3-1-4-21(16-19)45(41,42)37-17-20(8-10-26(38)36-11-13-44(39,40)14-12-36)43-24-9-7-18(15-23(24)37)22-5-2-6-25(35-22)28(32,33)34/h1-7,9,15-16,20H,8,10-14,17H2/t20-/m0/s1. The number of anilines is 1. The van der Waals surface area contributed by atoms with E-state index in [9.17, 15) is 48.0 Å². The molecule has 242 valence electrons. The number of aromatic nitrogens is 1. The van der Waals surface area contributed by atoms with E-state index in [2.05, 4.69) is 4.98 Å². The summed E-state index contributed by atoms with van der Waals surface area (Å²) in [6.07, 6.45) is -10.7. The van der Waals surface area contributed by atoms with Gasteiger partial charge in [0.05, 0.1) is 39.9 Å². The summed E-state index contributed by atoms with van der Waals surface area (Å²) in [6, 6.07) is 10.2. The van der Waals surface area contributed by atoms with Crippen LogP contribution in [-0.4, -0.2) is 69.9 Å². The van der Waals surface area contributed by atoms with Gasteiger partial charge in [0.1, 0.15) is 17.5 Å². The summed E-state index contributed by atoms with van der Waals surface area (Å²) in [5.41, 5.74) is -2.59. The summed E-state index contributed by atoms with van der Waals surface area (Å²) in [4.78, 5) is 17.1. The molecule has 1 amide bonds. The lowest BCUT2D eigenvalue weighted by Gasteiger charge is -2.36. The van der Waals surface area contributed by atoms with Crippen molar-refractivity contribution < 1.29 is 52.7 Å². The van der Waals surface area contributed by atoms with Gasteiger partial charge in [-0.3, -0.25) is 9.10 Å². The van der Waals surface area contributed by atoms with Gasteiger partial charge in [-0.2, -0.15) is 26.3 Å². The highest BCUT2D eigenvalue weighted by atomic mass is 32.2. The molecule has 3 aromatic rings.